The molecule has 3 aliphatic rings. The van der Waals surface area contributed by atoms with Gasteiger partial charge in [-0.2, -0.15) is 0 Å². The van der Waals surface area contributed by atoms with Gasteiger partial charge in [0.1, 0.15) is 0 Å². The molecule has 3 rings (SSSR count). The topological polar surface area (TPSA) is 0 Å². The van der Waals surface area contributed by atoms with Gasteiger partial charge in [-0.25, -0.2) is 0 Å². The van der Waals surface area contributed by atoms with E-state index >= 15 is 0 Å². The molecule has 0 aromatic rings. The maximum Gasteiger partial charge on any atom is 0.0537 e. The van der Waals surface area contributed by atoms with Crippen LogP contribution in [0.25, 0.3) is 0 Å². The highest BCUT2D eigenvalue weighted by Crippen LogP contribution is 2.58. The number of fused-ring (bicyclic) bond motifs is 3. The molecule has 0 aromatic carbocycles. The molecule has 2 fully saturated rings. The van der Waals surface area contributed by atoms with Crippen molar-refractivity contribution in [2.24, 2.45) is 22.7 Å². The molecule has 0 nitrogen and oxygen atoms in total. The van der Waals surface area contributed by atoms with Crippen LogP contribution in [0.15, 0.2) is 23.3 Å². The van der Waals surface area contributed by atoms with Crippen molar-refractivity contribution >= 4 is 0 Å². The second kappa shape index (κ2) is 4.75. The van der Waals surface area contributed by atoms with E-state index in [-0.39, 0.29) is 6.53 Å². The van der Waals surface area contributed by atoms with Gasteiger partial charge >= 0.3 is 0 Å². The summed E-state index contributed by atoms with van der Waals surface area (Å²) in [6.07, 6.45) is 9.71. The minimum atomic E-state index is 0.122. The molecule has 20 heavy (non-hydrogen) atoms. The summed E-state index contributed by atoms with van der Waals surface area (Å²) in [5, 5.41) is 0. The molecule has 3 aliphatic carbocycles. The second-order valence-corrected chi connectivity index (χ2v) is 8.54. The first kappa shape index (κ1) is 12.1. The predicted octanol–water partition coefficient (Wildman–Crippen LogP) is 6.29. The molecule has 2 bridgehead atoms. The second-order valence-electron chi connectivity index (χ2n) is 8.54. The summed E-state index contributed by atoms with van der Waals surface area (Å²) in [6.45, 7) is 9.83. The van der Waals surface area contributed by atoms with Crippen molar-refractivity contribution in [1.29, 1.82) is 0 Å². The van der Waals surface area contributed by atoms with Crippen LogP contribution in [0, 0.1) is 22.7 Å². The Morgan fingerprint density at radius 2 is 1.95 bits per heavy atom. The minimum absolute atomic E-state index is 0.122. The summed E-state index contributed by atoms with van der Waals surface area (Å²) >= 11 is 0. The molecule has 0 spiro atoms. The zero-order valence-corrected chi connectivity index (χ0v) is 13.8. The van der Waals surface area contributed by atoms with Crippen molar-refractivity contribution in [3.8, 4) is 0 Å². The molecular weight excluding hydrogens is 240 g/mol. The third kappa shape index (κ3) is 2.11. The highest BCUT2D eigenvalue weighted by Gasteiger charge is 2.46. The summed E-state index contributed by atoms with van der Waals surface area (Å²) in [6, 6.07) is 0. The van der Waals surface area contributed by atoms with Gasteiger partial charge in [-0.05, 0) is 81.0 Å². The normalized spacial score (nSPS) is 42.1. The Morgan fingerprint density at radius 1 is 1.15 bits per heavy atom. The van der Waals surface area contributed by atoms with Crippen LogP contribution in [0.5, 0.6) is 0 Å². The minimum Gasteiger partial charge on any atom is -0.0996 e. The summed E-state index contributed by atoms with van der Waals surface area (Å²) in [4.78, 5) is 0. The lowest BCUT2D eigenvalue weighted by Gasteiger charge is -2.52. The largest absolute Gasteiger partial charge is 0.0996 e. The highest BCUT2D eigenvalue weighted by atomic mass is 14.5. The quantitative estimate of drug-likeness (QED) is 0.456. The zero-order chi connectivity index (χ0) is 16.1. The third-order valence-electron chi connectivity index (χ3n) is 7.10. The zero-order valence-electron chi connectivity index (χ0n) is 15.8. The fourth-order valence-corrected chi connectivity index (χ4v) is 5.52. The fraction of sp³-hybridized carbons (Fsp3) is 0.800. The molecular formula is C20H32. The number of hydrogen-bond acceptors (Lipinski definition) is 0. The first-order valence-corrected chi connectivity index (χ1v) is 8.61. The molecule has 0 unspecified atom stereocenters. The van der Waals surface area contributed by atoms with E-state index in [4.69, 9.17) is 2.74 Å². The van der Waals surface area contributed by atoms with Crippen molar-refractivity contribution in [2.45, 2.75) is 79.1 Å². The molecule has 112 valence electrons. The van der Waals surface area contributed by atoms with Crippen LogP contribution in [0.3, 0.4) is 0 Å². The number of hydrogen-bond donors (Lipinski definition) is 0. The number of allylic oxidation sites excluding steroid dienone is 3. The van der Waals surface area contributed by atoms with Crippen molar-refractivity contribution in [1.82, 2.24) is 0 Å². The van der Waals surface area contributed by atoms with Crippen molar-refractivity contribution in [3.05, 3.63) is 23.3 Å². The molecule has 2 saturated carbocycles. The maximum absolute atomic E-state index is 7.95. The Bertz CT molecular complexity index is 522. The summed E-state index contributed by atoms with van der Waals surface area (Å²) in [5.74, 6) is 1.21. The molecule has 0 radical (unpaired) electrons. The van der Waals surface area contributed by atoms with E-state index in [9.17, 15) is 0 Å². The Morgan fingerprint density at radius 3 is 2.70 bits per heavy atom. The van der Waals surface area contributed by atoms with E-state index in [1.807, 2.05) is 0 Å². The molecule has 0 aliphatic heterocycles. The summed E-state index contributed by atoms with van der Waals surface area (Å²) in [7, 11) is 0. The lowest BCUT2D eigenvalue weighted by Crippen LogP contribution is -2.41. The SMILES string of the molecule is [2H]C([2H])=C1CCC[C@@]2(C)CCC3=C(C)CC[C@@H](C[C@H]12)C3(C)C. The van der Waals surface area contributed by atoms with Crippen LogP contribution in [-0.2, 0) is 0 Å². The van der Waals surface area contributed by atoms with Crippen LogP contribution in [0.4, 0.5) is 0 Å². The van der Waals surface area contributed by atoms with E-state index in [1.165, 1.54) is 50.5 Å². The lowest BCUT2D eigenvalue weighted by molar-refractivity contribution is 0.0696. The molecule has 0 heterocycles. The van der Waals surface area contributed by atoms with Crippen molar-refractivity contribution < 1.29 is 2.74 Å². The van der Waals surface area contributed by atoms with Gasteiger partial charge < -0.3 is 0 Å². The fourth-order valence-electron chi connectivity index (χ4n) is 5.52. The average Bonchev–Trinajstić information content (AvgIpc) is 2.42. The van der Waals surface area contributed by atoms with Gasteiger partial charge in [0, 0.05) is 0 Å². The standard InChI is InChI=1S/C20H32/c1-14-7-6-11-20(5)12-10-17-15(2)8-9-16(13-18(14)20)19(17,3)4/h16,18H,1,6-13H2,2-5H3/t16-,18+,20-/m0/s1/i1D2. The monoisotopic (exact) mass is 274 g/mol. The third-order valence-corrected chi connectivity index (χ3v) is 7.10. The first-order chi connectivity index (χ1) is 10.3. The number of rotatable bonds is 0. The van der Waals surface area contributed by atoms with Gasteiger partial charge in [-0.3, -0.25) is 0 Å². The van der Waals surface area contributed by atoms with Crippen LogP contribution in [0.1, 0.15) is 81.8 Å². The first-order valence-electron chi connectivity index (χ1n) is 9.61. The van der Waals surface area contributed by atoms with Crippen LogP contribution < -0.4 is 0 Å². The van der Waals surface area contributed by atoms with Gasteiger partial charge in [0.15, 0.2) is 0 Å². The van der Waals surface area contributed by atoms with Crippen LogP contribution >= 0.6 is 0 Å². The average molecular weight is 274 g/mol. The highest BCUT2D eigenvalue weighted by molar-refractivity contribution is 5.27. The maximum atomic E-state index is 7.95. The predicted molar refractivity (Wildman–Crippen MR) is 87.6 cm³/mol. The Kier molecular flexibility index (Phi) is 2.87. The Hall–Kier alpha value is -0.520. The van der Waals surface area contributed by atoms with Gasteiger partial charge in [-0.15, -0.1) is 0 Å². The van der Waals surface area contributed by atoms with E-state index in [1.54, 1.807) is 11.1 Å². The van der Waals surface area contributed by atoms with E-state index in [0.29, 0.717) is 16.7 Å². The van der Waals surface area contributed by atoms with E-state index in [0.717, 1.165) is 12.3 Å². The molecule has 0 N–H and O–H groups in total. The molecule has 0 amide bonds. The van der Waals surface area contributed by atoms with Crippen LogP contribution in [-0.4, -0.2) is 0 Å². The van der Waals surface area contributed by atoms with Gasteiger partial charge in [-0.1, -0.05) is 44.0 Å². The smallest absolute Gasteiger partial charge is 0.0537 e. The summed E-state index contributed by atoms with van der Waals surface area (Å²) in [5.41, 5.74) is 5.18. The van der Waals surface area contributed by atoms with Crippen molar-refractivity contribution in [3.63, 3.8) is 0 Å². The van der Waals surface area contributed by atoms with E-state index in [2.05, 4.69) is 27.7 Å². The molecule has 0 aromatic heterocycles. The molecule has 0 saturated heterocycles. The summed E-state index contributed by atoms with van der Waals surface area (Å²) < 4.78 is 15.9. The van der Waals surface area contributed by atoms with Gasteiger partial charge in [0.2, 0.25) is 0 Å². The lowest BCUT2D eigenvalue weighted by atomic mass is 9.53. The van der Waals surface area contributed by atoms with Crippen LogP contribution in [0.2, 0.25) is 0 Å². The Balaban J connectivity index is 2.03. The van der Waals surface area contributed by atoms with Gasteiger partial charge in [0.05, 0.1) is 2.74 Å². The van der Waals surface area contributed by atoms with Crippen molar-refractivity contribution in [2.75, 3.05) is 0 Å². The molecule has 0 heteroatoms. The van der Waals surface area contributed by atoms with Gasteiger partial charge in [0.25, 0.3) is 0 Å². The molecule has 3 atom stereocenters. The Labute approximate surface area is 128 Å². The van der Waals surface area contributed by atoms with E-state index < -0.39 is 0 Å².